The third-order valence-corrected chi connectivity index (χ3v) is 3.79. The summed E-state index contributed by atoms with van der Waals surface area (Å²) in [6.07, 6.45) is -0.615. The first-order valence-corrected chi connectivity index (χ1v) is 6.97. The second kappa shape index (κ2) is 6.59. The van der Waals surface area contributed by atoms with Gasteiger partial charge in [0.1, 0.15) is 0 Å². The topological polar surface area (TPSA) is 21.3 Å². The average molecular weight is 287 g/mol. The minimum absolute atomic E-state index is 0.198. The summed E-state index contributed by atoms with van der Waals surface area (Å²) >= 11 is 0. The predicted molar refractivity (Wildman–Crippen MR) is 71.5 cm³/mol. The van der Waals surface area contributed by atoms with E-state index in [4.69, 9.17) is 4.74 Å². The van der Waals surface area contributed by atoms with Crippen LogP contribution in [0.2, 0.25) is 0 Å². The van der Waals surface area contributed by atoms with Crippen molar-refractivity contribution < 1.29 is 17.9 Å². The molecule has 0 radical (unpaired) electrons. The summed E-state index contributed by atoms with van der Waals surface area (Å²) in [5.41, 5.74) is -0.229. The lowest BCUT2D eigenvalue weighted by Gasteiger charge is -2.22. The Morgan fingerprint density at radius 1 is 1.35 bits per heavy atom. The van der Waals surface area contributed by atoms with E-state index in [1.165, 1.54) is 6.07 Å². The fraction of sp³-hybridized carbons (Fsp3) is 0.600. The molecular formula is C15H20F3NO. The van der Waals surface area contributed by atoms with Gasteiger partial charge in [-0.15, -0.1) is 0 Å². The summed E-state index contributed by atoms with van der Waals surface area (Å²) in [5, 5.41) is 3.00. The van der Waals surface area contributed by atoms with Crippen LogP contribution in [0.4, 0.5) is 13.2 Å². The van der Waals surface area contributed by atoms with Crippen molar-refractivity contribution in [1.29, 1.82) is 0 Å². The quantitative estimate of drug-likeness (QED) is 0.886. The van der Waals surface area contributed by atoms with Crippen molar-refractivity contribution in [2.75, 3.05) is 13.7 Å². The second-order valence-corrected chi connectivity index (χ2v) is 5.14. The number of benzene rings is 1. The third-order valence-electron chi connectivity index (χ3n) is 3.79. The molecular weight excluding hydrogens is 267 g/mol. The predicted octanol–water partition coefficient (Wildman–Crippen LogP) is 3.93. The molecule has 0 aliphatic carbocycles. The zero-order valence-electron chi connectivity index (χ0n) is 11.5. The van der Waals surface area contributed by atoms with E-state index < -0.39 is 11.7 Å². The van der Waals surface area contributed by atoms with E-state index in [1.807, 2.05) is 0 Å². The molecule has 2 unspecified atom stereocenters. The summed E-state index contributed by atoms with van der Waals surface area (Å²) < 4.78 is 44.6. The molecule has 1 aliphatic heterocycles. The van der Waals surface area contributed by atoms with Crippen LogP contribution >= 0.6 is 0 Å². The van der Waals surface area contributed by atoms with Crippen LogP contribution in [0.1, 0.15) is 42.9 Å². The van der Waals surface area contributed by atoms with Crippen LogP contribution in [0.3, 0.4) is 0 Å². The zero-order valence-corrected chi connectivity index (χ0v) is 11.5. The normalized spacial score (nSPS) is 21.1. The summed E-state index contributed by atoms with van der Waals surface area (Å²) in [6.45, 7) is 0.772. The van der Waals surface area contributed by atoms with Gasteiger partial charge in [0.05, 0.1) is 11.7 Å². The van der Waals surface area contributed by atoms with Crippen LogP contribution in [-0.2, 0) is 10.9 Å². The van der Waals surface area contributed by atoms with Gasteiger partial charge < -0.3 is 10.1 Å². The van der Waals surface area contributed by atoms with E-state index in [0.29, 0.717) is 12.0 Å². The fourth-order valence-corrected chi connectivity index (χ4v) is 2.74. The molecule has 1 N–H and O–H groups in total. The average Bonchev–Trinajstić information content (AvgIpc) is 2.92. The van der Waals surface area contributed by atoms with Crippen LogP contribution in [-0.4, -0.2) is 19.8 Å². The van der Waals surface area contributed by atoms with E-state index in [9.17, 15) is 13.2 Å². The Labute approximate surface area is 117 Å². The Morgan fingerprint density at radius 3 is 2.70 bits per heavy atom. The van der Waals surface area contributed by atoms with E-state index in [0.717, 1.165) is 31.9 Å². The highest BCUT2D eigenvalue weighted by molar-refractivity contribution is 5.32. The maximum Gasteiger partial charge on any atom is 0.416 e. The molecule has 2 atom stereocenters. The summed E-state index contributed by atoms with van der Waals surface area (Å²) in [4.78, 5) is 0. The monoisotopic (exact) mass is 287 g/mol. The Balaban J connectivity index is 2.10. The van der Waals surface area contributed by atoms with E-state index >= 15 is 0 Å². The number of nitrogens with one attached hydrogen (secondary N) is 1. The number of hydrogen-bond donors (Lipinski definition) is 1. The lowest BCUT2D eigenvalue weighted by atomic mass is 9.95. The second-order valence-electron chi connectivity index (χ2n) is 5.14. The van der Waals surface area contributed by atoms with Crippen LogP contribution in [0.15, 0.2) is 24.3 Å². The minimum Gasteiger partial charge on any atom is -0.378 e. The molecule has 1 aromatic rings. The number of halogens is 3. The third kappa shape index (κ3) is 3.73. The van der Waals surface area contributed by atoms with Gasteiger partial charge >= 0.3 is 6.18 Å². The first kappa shape index (κ1) is 15.3. The van der Waals surface area contributed by atoms with Crippen molar-refractivity contribution in [3.63, 3.8) is 0 Å². The van der Waals surface area contributed by atoms with Gasteiger partial charge in [-0.25, -0.2) is 0 Å². The highest BCUT2D eigenvalue weighted by Gasteiger charge is 2.34. The Bertz CT molecular complexity index is 427. The van der Waals surface area contributed by atoms with Gasteiger partial charge in [0.15, 0.2) is 0 Å². The Hall–Kier alpha value is -1.07. The molecule has 1 saturated heterocycles. The minimum atomic E-state index is -4.31. The van der Waals surface area contributed by atoms with Crippen molar-refractivity contribution in [2.45, 2.75) is 44.0 Å². The Kier molecular flexibility index (Phi) is 5.05. The van der Waals surface area contributed by atoms with Crippen LogP contribution in [0.5, 0.6) is 0 Å². The van der Waals surface area contributed by atoms with Crippen molar-refractivity contribution in [3.8, 4) is 0 Å². The molecule has 2 rings (SSSR count). The van der Waals surface area contributed by atoms with Crippen molar-refractivity contribution >= 4 is 0 Å². The molecule has 1 aromatic carbocycles. The van der Waals surface area contributed by atoms with Crippen molar-refractivity contribution in [1.82, 2.24) is 5.32 Å². The highest BCUT2D eigenvalue weighted by Crippen LogP contribution is 2.36. The first-order chi connectivity index (χ1) is 9.52. The SMILES string of the molecule is CNC(CCC1CCCO1)c1ccccc1C(F)(F)F. The first-order valence-electron chi connectivity index (χ1n) is 6.97. The molecule has 5 heteroatoms. The van der Waals surface area contributed by atoms with Gasteiger partial charge in [-0.2, -0.15) is 13.2 Å². The largest absolute Gasteiger partial charge is 0.416 e. The zero-order chi connectivity index (χ0) is 14.6. The number of hydrogen-bond acceptors (Lipinski definition) is 2. The van der Waals surface area contributed by atoms with E-state index in [1.54, 1.807) is 19.2 Å². The molecule has 1 aliphatic rings. The molecule has 1 fully saturated rings. The lowest BCUT2D eigenvalue weighted by molar-refractivity contribution is -0.138. The van der Waals surface area contributed by atoms with Crippen LogP contribution in [0.25, 0.3) is 0 Å². The molecule has 1 heterocycles. The summed E-state index contributed by atoms with van der Waals surface area (Å²) in [5.74, 6) is 0. The number of ether oxygens (including phenoxy) is 1. The van der Waals surface area contributed by atoms with Crippen LogP contribution in [0, 0.1) is 0 Å². The number of rotatable bonds is 5. The molecule has 0 saturated carbocycles. The lowest BCUT2D eigenvalue weighted by Crippen LogP contribution is -2.22. The molecule has 112 valence electrons. The maximum atomic E-state index is 13.0. The smallest absolute Gasteiger partial charge is 0.378 e. The maximum absolute atomic E-state index is 13.0. The van der Waals surface area contributed by atoms with Gasteiger partial charge in [-0.1, -0.05) is 18.2 Å². The molecule has 0 spiro atoms. The van der Waals surface area contributed by atoms with Gasteiger partial charge in [-0.3, -0.25) is 0 Å². The highest BCUT2D eigenvalue weighted by atomic mass is 19.4. The summed E-state index contributed by atoms with van der Waals surface area (Å²) in [7, 11) is 1.70. The van der Waals surface area contributed by atoms with Crippen LogP contribution < -0.4 is 5.32 Å². The number of alkyl halides is 3. The van der Waals surface area contributed by atoms with E-state index in [-0.39, 0.29) is 12.1 Å². The Morgan fingerprint density at radius 2 is 2.10 bits per heavy atom. The van der Waals surface area contributed by atoms with Gasteiger partial charge in [0.2, 0.25) is 0 Å². The van der Waals surface area contributed by atoms with Crippen molar-refractivity contribution in [2.24, 2.45) is 0 Å². The molecule has 0 amide bonds. The molecule has 0 aromatic heterocycles. The standard InChI is InChI=1S/C15H20F3NO/c1-19-14(9-8-11-5-4-10-20-11)12-6-2-3-7-13(12)15(16,17)18/h2-3,6-7,11,14,19H,4-5,8-10H2,1H3. The van der Waals surface area contributed by atoms with E-state index in [2.05, 4.69) is 5.32 Å². The molecule has 0 bridgehead atoms. The molecule has 2 nitrogen and oxygen atoms in total. The van der Waals surface area contributed by atoms with Gasteiger partial charge in [-0.05, 0) is 44.4 Å². The van der Waals surface area contributed by atoms with Crippen molar-refractivity contribution in [3.05, 3.63) is 35.4 Å². The molecule has 20 heavy (non-hydrogen) atoms. The van der Waals surface area contributed by atoms with Gasteiger partial charge in [0, 0.05) is 12.6 Å². The fourth-order valence-electron chi connectivity index (χ4n) is 2.74. The summed E-state index contributed by atoms with van der Waals surface area (Å²) in [6, 6.07) is 5.49. The van der Waals surface area contributed by atoms with Gasteiger partial charge in [0.25, 0.3) is 0 Å².